The lowest BCUT2D eigenvalue weighted by atomic mass is 10.0. The molecule has 1 saturated carbocycles. The highest BCUT2D eigenvalue weighted by Gasteiger charge is 2.68. The van der Waals surface area contributed by atoms with Gasteiger partial charge in [-0.3, -0.25) is 0 Å². The predicted octanol–water partition coefficient (Wildman–Crippen LogP) is 2.70. The van der Waals surface area contributed by atoms with Gasteiger partial charge in [-0.25, -0.2) is 0 Å². The molecule has 0 bridgehead atoms. The molecule has 118 valence electrons. The number of piperidine rings is 1. The van der Waals surface area contributed by atoms with Gasteiger partial charge in [0.05, 0.1) is 6.04 Å². The van der Waals surface area contributed by atoms with Gasteiger partial charge in [-0.15, -0.1) is 0 Å². The minimum atomic E-state index is -0.148. The molecule has 1 saturated heterocycles. The van der Waals surface area contributed by atoms with Crippen molar-refractivity contribution in [3.05, 3.63) is 11.7 Å². The van der Waals surface area contributed by atoms with Gasteiger partial charge in [-0.05, 0) is 36.8 Å². The van der Waals surface area contributed by atoms with Crippen molar-refractivity contribution in [1.29, 1.82) is 0 Å². The second-order valence-electron chi connectivity index (χ2n) is 7.83. The van der Waals surface area contributed by atoms with Crippen molar-refractivity contribution in [2.75, 3.05) is 19.6 Å². The van der Waals surface area contributed by atoms with Crippen molar-refractivity contribution in [3.8, 4) is 0 Å². The fourth-order valence-electron chi connectivity index (χ4n) is 3.83. The van der Waals surface area contributed by atoms with Crippen LogP contribution < -0.4 is 5.73 Å². The smallest absolute Gasteiger partial charge is 0.230 e. The Morgan fingerprint density at radius 2 is 1.81 bits per heavy atom. The van der Waals surface area contributed by atoms with Gasteiger partial charge in [-0.2, -0.15) is 4.98 Å². The summed E-state index contributed by atoms with van der Waals surface area (Å²) in [5.74, 6) is 1.76. The Hall–Kier alpha value is -0.940. The molecule has 1 aromatic rings. The maximum atomic E-state index is 6.27. The van der Waals surface area contributed by atoms with E-state index in [0.29, 0.717) is 11.7 Å². The number of rotatable bonds is 4. The number of hydrogen-bond acceptors (Lipinski definition) is 5. The lowest BCUT2D eigenvalue weighted by Crippen LogP contribution is -2.36. The molecule has 0 spiro atoms. The highest BCUT2D eigenvalue weighted by molar-refractivity contribution is 5.25. The van der Waals surface area contributed by atoms with Gasteiger partial charge in [0.25, 0.3) is 0 Å². The highest BCUT2D eigenvalue weighted by Crippen LogP contribution is 2.73. The standard InChI is InChI=1S/C16H28N4O/c1-15(2)12(16(15,3)4)14-18-13(19-21-14)11(17)10-20-8-6-5-7-9-20/h11-12H,5-10,17H2,1-4H3. The van der Waals surface area contributed by atoms with Gasteiger partial charge in [0.15, 0.2) is 5.82 Å². The largest absolute Gasteiger partial charge is 0.339 e. The molecule has 1 aromatic heterocycles. The average molecular weight is 292 g/mol. The SMILES string of the molecule is CC1(C)C(c2nc(C(N)CN3CCCCC3)no2)C1(C)C. The molecule has 0 amide bonds. The van der Waals surface area contributed by atoms with Crippen molar-refractivity contribution >= 4 is 0 Å². The summed E-state index contributed by atoms with van der Waals surface area (Å²) < 4.78 is 5.51. The molecule has 3 rings (SSSR count). The van der Waals surface area contributed by atoms with Crippen molar-refractivity contribution in [2.45, 2.75) is 58.9 Å². The van der Waals surface area contributed by atoms with Gasteiger partial charge in [-0.1, -0.05) is 39.3 Å². The molecule has 1 aliphatic heterocycles. The van der Waals surface area contributed by atoms with Crippen molar-refractivity contribution < 1.29 is 4.52 Å². The van der Waals surface area contributed by atoms with E-state index in [0.717, 1.165) is 25.5 Å². The fourth-order valence-corrected chi connectivity index (χ4v) is 3.83. The molecule has 0 radical (unpaired) electrons. The van der Waals surface area contributed by atoms with Gasteiger partial charge >= 0.3 is 0 Å². The molecular weight excluding hydrogens is 264 g/mol. The summed E-state index contributed by atoms with van der Waals surface area (Å²) in [6, 6.07) is -0.148. The summed E-state index contributed by atoms with van der Waals surface area (Å²) >= 11 is 0. The third-order valence-corrected chi connectivity index (χ3v) is 5.96. The zero-order chi connectivity index (χ0) is 15.3. The summed E-state index contributed by atoms with van der Waals surface area (Å²) in [6.45, 7) is 12.1. The van der Waals surface area contributed by atoms with E-state index in [2.05, 4.69) is 42.7 Å². The van der Waals surface area contributed by atoms with Gasteiger partial charge in [0, 0.05) is 12.5 Å². The summed E-state index contributed by atoms with van der Waals surface area (Å²) in [6.07, 6.45) is 3.88. The van der Waals surface area contributed by atoms with E-state index >= 15 is 0 Å². The first-order valence-corrected chi connectivity index (χ1v) is 8.15. The Bertz CT molecular complexity index is 488. The summed E-state index contributed by atoms with van der Waals surface area (Å²) in [5, 5.41) is 4.14. The topological polar surface area (TPSA) is 68.2 Å². The van der Waals surface area contributed by atoms with Crippen LogP contribution in [-0.4, -0.2) is 34.7 Å². The van der Waals surface area contributed by atoms with E-state index in [1.807, 2.05) is 0 Å². The van der Waals surface area contributed by atoms with E-state index in [1.54, 1.807) is 0 Å². The molecule has 1 unspecified atom stereocenters. The summed E-state index contributed by atoms with van der Waals surface area (Å²) in [4.78, 5) is 7.01. The van der Waals surface area contributed by atoms with Crippen LogP contribution in [0.5, 0.6) is 0 Å². The maximum Gasteiger partial charge on any atom is 0.230 e. The van der Waals surface area contributed by atoms with Crippen molar-refractivity contribution in [1.82, 2.24) is 15.0 Å². The molecule has 1 aliphatic carbocycles. The Morgan fingerprint density at radius 3 is 2.38 bits per heavy atom. The van der Waals surface area contributed by atoms with Crippen molar-refractivity contribution in [3.63, 3.8) is 0 Å². The Morgan fingerprint density at radius 1 is 1.19 bits per heavy atom. The van der Waals surface area contributed by atoms with Gasteiger partial charge in [0.2, 0.25) is 5.89 Å². The van der Waals surface area contributed by atoms with E-state index in [4.69, 9.17) is 10.3 Å². The maximum absolute atomic E-state index is 6.27. The highest BCUT2D eigenvalue weighted by atomic mass is 16.5. The fraction of sp³-hybridized carbons (Fsp3) is 0.875. The molecule has 21 heavy (non-hydrogen) atoms. The van der Waals surface area contributed by atoms with Crippen LogP contribution in [0, 0.1) is 10.8 Å². The van der Waals surface area contributed by atoms with Crippen molar-refractivity contribution in [2.24, 2.45) is 16.6 Å². The third kappa shape index (κ3) is 2.50. The number of nitrogens with two attached hydrogens (primary N) is 1. The normalized spacial score (nSPS) is 26.7. The Kier molecular flexibility index (Phi) is 3.61. The first kappa shape index (κ1) is 15.0. The predicted molar refractivity (Wildman–Crippen MR) is 81.8 cm³/mol. The van der Waals surface area contributed by atoms with E-state index in [-0.39, 0.29) is 16.9 Å². The monoisotopic (exact) mass is 292 g/mol. The lowest BCUT2D eigenvalue weighted by molar-refractivity contribution is 0.213. The first-order chi connectivity index (χ1) is 9.84. The molecule has 5 heteroatoms. The van der Waals surface area contributed by atoms with Crippen LogP contribution in [0.3, 0.4) is 0 Å². The quantitative estimate of drug-likeness (QED) is 0.924. The van der Waals surface area contributed by atoms with E-state index in [9.17, 15) is 0 Å². The van der Waals surface area contributed by atoms with E-state index < -0.39 is 0 Å². The molecular formula is C16H28N4O. The zero-order valence-electron chi connectivity index (χ0n) is 13.7. The number of likely N-dealkylation sites (tertiary alicyclic amines) is 1. The first-order valence-electron chi connectivity index (χ1n) is 8.15. The minimum absolute atomic E-state index is 0.148. The van der Waals surface area contributed by atoms with Gasteiger partial charge in [0.1, 0.15) is 0 Å². The molecule has 1 atom stereocenters. The minimum Gasteiger partial charge on any atom is -0.339 e. The van der Waals surface area contributed by atoms with Crippen LogP contribution >= 0.6 is 0 Å². The van der Waals surface area contributed by atoms with Crippen LogP contribution in [0.4, 0.5) is 0 Å². The van der Waals surface area contributed by atoms with Crippen LogP contribution in [0.25, 0.3) is 0 Å². The molecule has 2 fully saturated rings. The Balaban J connectivity index is 1.65. The molecule has 2 aliphatic rings. The van der Waals surface area contributed by atoms with Gasteiger partial charge < -0.3 is 15.2 Å². The number of hydrogen-bond donors (Lipinski definition) is 1. The molecule has 2 heterocycles. The lowest BCUT2D eigenvalue weighted by Gasteiger charge is -2.27. The van der Waals surface area contributed by atoms with E-state index in [1.165, 1.54) is 19.3 Å². The van der Waals surface area contributed by atoms with Crippen LogP contribution in [0.15, 0.2) is 4.52 Å². The van der Waals surface area contributed by atoms with Crippen LogP contribution in [0.2, 0.25) is 0 Å². The second-order valence-corrected chi connectivity index (χ2v) is 7.83. The summed E-state index contributed by atoms with van der Waals surface area (Å²) in [7, 11) is 0. The summed E-state index contributed by atoms with van der Waals surface area (Å²) in [5.41, 5.74) is 6.70. The van der Waals surface area contributed by atoms with Crippen LogP contribution in [-0.2, 0) is 0 Å². The van der Waals surface area contributed by atoms with Crippen LogP contribution in [0.1, 0.15) is 70.6 Å². The third-order valence-electron chi connectivity index (χ3n) is 5.96. The second kappa shape index (κ2) is 5.06. The number of aromatic nitrogens is 2. The Labute approximate surface area is 127 Å². The molecule has 5 nitrogen and oxygen atoms in total. The molecule has 2 N–H and O–H groups in total. The molecule has 0 aromatic carbocycles. The zero-order valence-corrected chi connectivity index (χ0v) is 13.7. The average Bonchev–Trinajstić information content (AvgIpc) is 2.79. The number of nitrogens with zero attached hydrogens (tertiary/aromatic N) is 3.